The maximum Gasteiger partial charge on any atom is 0.243 e. The van der Waals surface area contributed by atoms with E-state index in [4.69, 9.17) is 11.6 Å². The summed E-state index contributed by atoms with van der Waals surface area (Å²) in [5.74, 6) is -0.461. The van der Waals surface area contributed by atoms with Crippen molar-refractivity contribution in [1.29, 1.82) is 0 Å². The zero-order valence-electron chi connectivity index (χ0n) is 11.9. The summed E-state index contributed by atoms with van der Waals surface area (Å²) in [5, 5.41) is 0. The van der Waals surface area contributed by atoms with Crippen molar-refractivity contribution in [2.24, 2.45) is 0 Å². The van der Waals surface area contributed by atoms with Gasteiger partial charge in [-0.3, -0.25) is 0 Å². The average molecular weight is 360 g/mol. The van der Waals surface area contributed by atoms with Crippen molar-refractivity contribution in [3.63, 3.8) is 0 Å². The number of hydrogen-bond donors (Lipinski definition) is 0. The van der Waals surface area contributed by atoms with Crippen LogP contribution in [0, 0.1) is 12.7 Å². The summed E-state index contributed by atoms with van der Waals surface area (Å²) < 4.78 is 40.7. The minimum Gasteiger partial charge on any atom is -0.207 e. The van der Waals surface area contributed by atoms with Crippen LogP contribution in [0.1, 0.15) is 10.4 Å². The normalized spacial score (nSPS) is 11.8. The molecule has 0 aliphatic carbocycles. The lowest BCUT2D eigenvalue weighted by molar-refractivity contribution is 0.441. The zero-order valence-corrected chi connectivity index (χ0v) is 14.3. The molecular weight excluding hydrogens is 345 g/mol. The highest BCUT2D eigenvalue weighted by atomic mass is 35.5. The number of thiophene rings is 1. The van der Waals surface area contributed by atoms with Crippen molar-refractivity contribution < 1.29 is 12.8 Å². The Morgan fingerprint density at radius 2 is 2.09 bits per heavy atom. The van der Waals surface area contributed by atoms with E-state index >= 15 is 0 Å². The predicted octanol–water partition coefficient (Wildman–Crippen LogP) is 4.23. The highest BCUT2D eigenvalue weighted by Crippen LogP contribution is 2.26. The molecule has 0 fully saturated rings. The van der Waals surface area contributed by atoms with Gasteiger partial charge in [0.05, 0.1) is 9.23 Å². The van der Waals surface area contributed by atoms with Crippen molar-refractivity contribution in [3.05, 3.63) is 63.6 Å². The first kappa shape index (κ1) is 17.1. The summed E-state index contributed by atoms with van der Waals surface area (Å²) >= 11 is 7.21. The van der Waals surface area contributed by atoms with Crippen LogP contribution in [0.15, 0.2) is 47.9 Å². The Balaban J connectivity index is 2.39. The van der Waals surface area contributed by atoms with Crippen LogP contribution in [0.3, 0.4) is 0 Å². The molecule has 0 saturated carbocycles. The molecule has 0 N–H and O–H groups in total. The van der Waals surface area contributed by atoms with Crippen LogP contribution in [-0.2, 0) is 16.6 Å². The number of hydrogen-bond acceptors (Lipinski definition) is 3. The number of nitrogens with zero attached hydrogens (tertiary/aromatic N) is 1. The molecule has 0 amide bonds. The Morgan fingerprint density at radius 3 is 2.64 bits per heavy atom. The second kappa shape index (κ2) is 6.91. The topological polar surface area (TPSA) is 37.4 Å². The molecule has 0 radical (unpaired) electrons. The molecule has 0 saturated heterocycles. The summed E-state index contributed by atoms with van der Waals surface area (Å²) in [6, 6.07) is 7.16. The van der Waals surface area contributed by atoms with Gasteiger partial charge in [-0.15, -0.1) is 17.9 Å². The van der Waals surface area contributed by atoms with Gasteiger partial charge in [0.15, 0.2) is 0 Å². The molecule has 0 unspecified atom stereocenters. The molecule has 118 valence electrons. The molecule has 7 heteroatoms. The molecule has 0 atom stereocenters. The van der Waals surface area contributed by atoms with Gasteiger partial charge in [0.2, 0.25) is 10.0 Å². The third-order valence-corrected chi connectivity index (χ3v) is 6.24. The molecule has 1 heterocycles. The lowest BCUT2D eigenvalue weighted by Gasteiger charge is -2.21. The summed E-state index contributed by atoms with van der Waals surface area (Å²) in [7, 11) is -3.74. The smallest absolute Gasteiger partial charge is 0.207 e. The van der Waals surface area contributed by atoms with Crippen LogP contribution in [0.4, 0.5) is 4.39 Å². The average Bonchev–Trinajstić information content (AvgIpc) is 2.83. The molecule has 0 bridgehead atoms. The van der Waals surface area contributed by atoms with Crippen molar-refractivity contribution in [2.45, 2.75) is 18.4 Å². The lowest BCUT2D eigenvalue weighted by atomic mass is 10.2. The fraction of sp³-hybridized carbons (Fsp3) is 0.200. The van der Waals surface area contributed by atoms with E-state index in [1.54, 1.807) is 19.1 Å². The Bertz CT molecular complexity index is 787. The predicted molar refractivity (Wildman–Crippen MR) is 88.3 cm³/mol. The van der Waals surface area contributed by atoms with E-state index in [1.165, 1.54) is 33.9 Å². The van der Waals surface area contributed by atoms with Gasteiger partial charge in [0.1, 0.15) is 5.82 Å². The van der Waals surface area contributed by atoms with Gasteiger partial charge in [0, 0.05) is 18.0 Å². The third kappa shape index (κ3) is 3.76. The molecule has 3 nitrogen and oxygen atoms in total. The van der Waals surface area contributed by atoms with Crippen LogP contribution in [-0.4, -0.2) is 19.3 Å². The number of sulfonamides is 1. The molecule has 0 spiro atoms. The number of halogens is 2. The van der Waals surface area contributed by atoms with E-state index in [-0.39, 0.29) is 18.0 Å². The highest BCUT2D eigenvalue weighted by molar-refractivity contribution is 7.89. The van der Waals surface area contributed by atoms with E-state index in [0.29, 0.717) is 9.90 Å². The maximum atomic E-state index is 13.2. The lowest BCUT2D eigenvalue weighted by Crippen LogP contribution is -2.31. The number of benzene rings is 1. The van der Waals surface area contributed by atoms with Crippen LogP contribution in [0.2, 0.25) is 4.34 Å². The number of aryl methyl sites for hydroxylation is 1. The van der Waals surface area contributed by atoms with Crippen molar-refractivity contribution in [3.8, 4) is 0 Å². The van der Waals surface area contributed by atoms with E-state index in [9.17, 15) is 12.8 Å². The fourth-order valence-electron chi connectivity index (χ4n) is 2.04. The Labute approximate surface area is 138 Å². The first-order chi connectivity index (χ1) is 10.3. The standard InChI is InChI=1S/C15H15ClFNO2S2/c1-3-8-18(10-13-5-7-15(16)21-13)22(19,20)14-6-4-12(17)9-11(14)2/h3-7,9H,1,8,10H2,2H3. The highest BCUT2D eigenvalue weighted by Gasteiger charge is 2.26. The molecule has 2 rings (SSSR count). The van der Waals surface area contributed by atoms with Gasteiger partial charge in [-0.25, -0.2) is 12.8 Å². The second-order valence-corrected chi connectivity index (χ2v) is 8.41. The summed E-state index contributed by atoms with van der Waals surface area (Å²) in [4.78, 5) is 0.925. The van der Waals surface area contributed by atoms with Gasteiger partial charge >= 0.3 is 0 Å². The van der Waals surface area contributed by atoms with E-state index in [2.05, 4.69) is 6.58 Å². The van der Waals surface area contributed by atoms with Gasteiger partial charge in [-0.05, 0) is 42.8 Å². The molecular formula is C15H15ClFNO2S2. The Morgan fingerprint density at radius 1 is 1.36 bits per heavy atom. The maximum absolute atomic E-state index is 13.2. The molecule has 0 aliphatic rings. The summed E-state index contributed by atoms with van der Waals surface area (Å²) in [6.07, 6.45) is 1.52. The minimum absolute atomic E-state index is 0.0957. The van der Waals surface area contributed by atoms with E-state index in [1.807, 2.05) is 0 Å². The van der Waals surface area contributed by atoms with Crippen molar-refractivity contribution in [2.75, 3.05) is 6.54 Å². The van der Waals surface area contributed by atoms with Gasteiger partial charge in [-0.2, -0.15) is 4.31 Å². The van der Waals surface area contributed by atoms with Gasteiger partial charge in [-0.1, -0.05) is 17.7 Å². The third-order valence-electron chi connectivity index (χ3n) is 3.05. The van der Waals surface area contributed by atoms with Crippen LogP contribution >= 0.6 is 22.9 Å². The quantitative estimate of drug-likeness (QED) is 0.724. The van der Waals surface area contributed by atoms with Crippen molar-refractivity contribution >= 4 is 33.0 Å². The molecule has 0 aliphatic heterocycles. The van der Waals surface area contributed by atoms with Gasteiger partial charge in [0.25, 0.3) is 0 Å². The second-order valence-electron chi connectivity index (χ2n) is 4.70. The first-order valence-electron chi connectivity index (χ1n) is 6.46. The first-order valence-corrected chi connectivity index (χ1v) is 9.09. The zero-order chi connectivity index (χ0) is 16.3. The largest absolute Gasteiger partial charge is 0.243 e. The summed E-state index contributed by atoms with van der Waals surface area (Å²) in [6.45, 7) is 5.53. The molecule has 1 aromatic heterocycles. The van der Waals surface area contributed by atoms with Crippen LogP contribution < -0.4 is 0 Å². The summed E-state index contributed by atoms with van der Waals surface area (Å²) in [5.41, 5.74) is 0.373. The van der Waals surface area contributed by atoms with Crippen LogP contribution in [0.25, 0.3) is 0 Å². The molecule has 1 aromatic carbocycles. The molecule has 2 aromatic rings. The van der Waals surface area contributed by atoms with E-state index in [0.717, 1.165) is 10.9 Å². The molecule has 22 heavy (non-hydrogen) atoms. The van der Waals surface area contributed by atoms with Gasteiger partial charge < -0.3 is 0 Å². The Hall–Kier alpha value is -1.21. The monoisotopic (exact) mass is 359 g/mol. The fourth-order valence-corrected chi connectivity index (χ4v) is 4.82. The Kier molecular flexibility index (Phi) is 5.39. The minimum atomic E-state index is -3.74. The van der Waals surface area contributed by atoms with Crippen molar-refractivity contribution in [1.82, 2.24) is 4.31 Å². The number of rotatable bonds is 6. The SMILES string of the molecule is C=CCN(Cc1ccc(Cl)s1)S(=O)(=O)c1ccc(F)cc1C. The van der Waals surface area contributed by atoms with Crippen LogP contribution in [0.5, 0.6) is 0 Å². The van der Waals surface area contributed by atoms with E-state index < -0.39 is 15.8 Å².